The predicted octanol–water partition coefficient (Wildman–Crippen LogP) is 4.81. The highest BCUT2D eigenvalue weighted by atomic mass is 19.3. The Hall–Kier alpha value is -3.03. The van der Waals surface area contributed by atoms with E-state index in [9.17, 15) is 18.7 Å². The summed E-state index contributed by atoms with van der Waals surface area (Å²) in [5.41, 5.74) is 0.786. The summed E-state index contributed by atoms with van der Waals surface area (Å²) in [7, 11) is 1.57. The van der Waals surface area contributed by atoms with Crippen LogP contribution in [0.15, 0.2) is 36.4 Å². The fourth-order valence-electron chi connectivity index (χ4n) is 3.36. The van der Waals surface area contributed by atoms with Gasteiger partial charge in [0.25, 0.3) is 0 Å². The number of ether oxygens (including phenoxy) is 3. The molecular formula is C22H25F2NO5. The molecule has 162 valence electrons. The lowest BCUT2D eigenvalue weighted by molar-refractivity contribution is -0.0532. The van der Waals surface area contributed by atoms with Crippen LogP contribution in [0, 0.1) is 5.41 Å². The van der Waals surface area contributed by atoms with Crippen LogP contribution in [0.3, 0.4) is 0 Å². The fraction of sp³-hybridized carbons (Fsp3) is 0.409. The Bertz CT molecular complexity index is 909. The normalized spacial score (nSPS) is 16.1. The third-order valence-electron chi connectivity index (χ3n) is 5.00. The molecular weight excluding hydrogens is 396 g/mol. The van der Waals surface area contributed by atoms with Crippen molar-refractivity contribution in [2.45, 2.75) is 40.0 Å². The SMILES string of the molecule is COc1ccc(CN2CC(C(C)(C)C)Oc3c(OC(F)F)ccc(C(=O)O)c32)cc1. The lowest BCUT2D eigenvalue weighted by atomic mass is 9.87. The topological polar surface area (TPSA) is 68.2 Å². The number of aromatic carboxylic acids is 1. The molecule has 1 aliphatic rings. The number of carbonyl (C=O) groups is 1. The van der Waals surface area contributed by atoms with E-state index in [2.05, 4.69) is 4.74 Å². The standard InChI is InChI=1S/C22H25F2NO5/c1-22(2,3)17-12-25(11-13-5-7-14(28-4)8-6-13)18-15(20(26)27)9-10-16(19(18)30-17)29-21(23)24/h5-10,17,21H,11-12H2,1-4H3,(H,26,27). The monoisotopic (exact) mass is 421 g/mol. The molecule has 3 rings (SSSR count). The smallest absolute Gasteiger partial charge is 0.387 e. The maximum Gasteiger partial charge on any atom is 0.387 e. The lowest BCUT2D eigenvalue weighted by Gasteiger charge is -2.42. The van der Waals surface area contributed by atoms with Crippen LogP contribution in [0.5, 0.6) is 17.2 Å². The number of halogens is 2. The first-order valence-corrected chi connectivity index (χ1v) is 9.49. The maximum absolute atomic E-state index is 13.0. The Morgan fingerprint density at radius 2 is 1.90 bits per heavy atom. The van der Waals surface area contributed by atoms with E-state index in [1.807, 2.05) is 49.9 Å². The van der Waals surface area contributed by atoms with Crippen LogP contribution in [0.25, 0.3) is 0 Å². The highest BCUT2D eigenvalue weighted by molar-refractivity contribution is 5.97. The molecule has 2 aromatic rings. The van der Waals surface area contributed by atoms with Gasteiger partial charge < -0.3 is 24.2 Å². The molecule has 0 saturated carbocycles. The highest BCUT2D eigenvalue weighted by Gasteiger charge is 2.38. The van der Waals surface area contributed by atoms with Crippen molar-refractivity contribution in [2.75, 3.05) is 18.6 Å². The van der Waals surface area contributed by atoms with Crippen LogP contribution in [0.2, 0.25) is 0 Å². The molecule has 2 aromatic carbocycles. The number of anilines is 1. The van der Waals surface area contributed by atoms with E-state index in [1.54, 1.807) is 7.11 Å². The van der Waals surface area contributed by atoms with Crippen molar-refractivity contribution in [3.05, 3.63) is 47.5 Å². The summed E-state index contributed by atoms with van der Waals surface area (Å²) >= 11 is 0. The van der Waals surface area contributed by atoms with Crippen molar-refractivity contribution >= 4 is 11.7 Å². The van der Waals surface area contributed by atoms with Crippen molar-refractivity contribution < 1.29 is 32.9 Å². The minimum absolute atomic E-state index is 0.0230. The average Bonchev–Trinajstić information content (AvgIpc) is 2.67. The summed E-state index contributed by atoms with van der Waals surface area (Å²) in [4.78, 5) is 13.7. The first-order valence-electron chi connectivity index (χ1n) is 9.49. The Kier molecular flexibility index (Phi) is 6.05. The number of alkyl halides is 2. The number of nitrogens with zero attached hydrogens (tertiary/aromatic N) is 1. The van der Waals surface area contributed by atoms with Gasteiger partial charge in [0, 0.05) is 12.0 Å². The Balaban J connectivity index is 2.10. The molecule has 0 radical (unpaired) electrons. The first-order chi connectivity index (χ1) is 14.1. The quantitative estimate of drug-likeness (QED) is 0.722. The van der Waals surface area contributed by atoms with E-state index >= 15 is 0 Å². The van der Waals surface area contributed by atoms with E-state index in [-0.39, 0.29) is 34.3 Å². The number of rotatable bonds is 6. The highest BCUT2D eigenvalue weighted by Crippen LogP contribution is 2.47. The van der Waals surface area contributed by atoms with Gasteiger partial charge in [-0.15, -0.1) is 0 Å². The minimum atomic E-state index is -3.06. The summed E-state index contributed by atoms with van der Waals surface area (Å²) < 4.78 is 41.8. The molecule has 1 unspecified atom stereocenters. The number of methoxy groups -OCH3 is 1. The summed E-state index contributed by atoms with van der Waals surface area (Å²) in [6.45, 7) is 3.62. The molecule has 0 spiro atoms. The van der Waals surface area contributed by atoms with Gasteiger partial charge in [0.15, 0.2) is 11.5 Å². The van der Waals surface area contributed by atoms with Crippen LogP contribution < -0.4 is 19.1 Å². The molecule has 8 heteroatoms. The zero-order valence-electron chi connectivity index (χ0n) is 17.3. The van der Waals surface area contributed by atoms with Crippen molar-refractivity contribution in [2.24, 2.45) is 5.41 Å². The van der Waals surface area contributed by atoms with Crippen LogP contribution >= 0.6 is 0 Å². The second-order valence-corrected chi connectivity index (χ2v) is 8.17. The molecule has 0 amide bonds. The molecule has 0 fully saturated rings. The number of benzene rings is 2. The molecule has 1 N–H and O–H groups in total. The van der Waals surface area contributed by atoms with E-state index < -0.39 is 12.6 Å². The molecule has 1 aliphatic heterocycles. The summed E-state index contributed by atoms with van der Waals surface area (Å²) in [5.74, 6) is -0.631. The van der Waals surface area contributed by atoms with Crippen LogP contribution in [0.1, 0.15) is 36.7 Å². The van der Waals surface area contributed by atoms with E-state index in [0.29, 0.717) is 18.8 Å². The van der Waals surface area contributed by atoms with Gasteiger partial charge in [0.05, 0.1) is 24.9 Å². The van der Waals surface area contributed by atoms with Gasteiger partial charge in [-0.1, -0.05) is 32.9 Å². The third kappa shape index (κ3) is 4.58. The van der Waals surface area contributed by atoms with Gasteiger partial charge in [0.2, 0.25) is 0 Å². The van der Waals surface area contributed by atoms with Gasteiger partial charge in [0.1, 0.15) is 11.9 Å². The van der Waals surface area contributed by atoms with Gasteiger partial charge >= 0.3 is 12.6 Å². The van der Waals surface area contributed by atoms with Gasteiger partial charge in [-0.05, 0) is 29.8 Å². The minimum Gasteiger partial charge on any atom is -0.497 e. The van der Waals surface area contributed by atoms with E-state index in [4.69, 9.17) is 9.47 Å². The van der Waals surface area contributed by atoms with E-state index in [1.165, 1.54) is 12.1 Å². The second-order valence-electron chi connectivity index (χ2n) is 8.17. The lowest BCUT2D eigenvalue weighted by Crippen LogP contribution is -2.47. The molecule has 1 atom stereocenters. The fourth-order valence-corrected chi connectivity index (χ4v) is 3.36. The molecule has 6 nitrogen and oxygen atoms in total. The van der Waals surface area contributed by atoms with Crippen molar-refractivity contribution in [3.8, 4) is 17.2 Å². The molecule has 0 aromatic heterocycles. The summed E-state index contributed by atoms with van der Waals surface area (Å²) in [6.07, 6.45) is -0.368. The number of hydrogen-bond donors (Lipinski definition) is 1. The van der Waals surface area contributed by atoms with Gasteiger partial charge in [-0.3, -0.25) is 0 Å². The number of carboxylic acid groups (broad SMARTS) is 1. The van der Waals surface area contributed by atoms with Gasteiger partial charge in [-0.25, -0.2) is 4.79 Å². The Labute approximate surface area is 174 Å². The van der Waals surface area contributed by atoms with Crippen LogP contribution in [0.4, 0.5) is 14.5 Å². The average molecular weight is 421 g/mol. The van der Waals surface area contributed by atoms with Crippen LogP contribution in [-0.4, -0.2) is 37.4 Å². The zero-order valence-corrected chi connectivity index (χ0v) is 17.3. The van der Waals surface area contributed by atoms with Crippen LogP contribution in [-0.2, 0) is 6.54 Å². The Morgan fingerprint density at radius 1 is 1.23 bits per heavy atom. The zero-order chi connectivity index (χ0) is 22.1. The number of carboxylic acids is 1. The molecule has 0 saturated heterocycles. The van der Waals surface area contributed by atoms with Crippen molar-refractivity contribution in [1.82, 2.24) is 0 Å². The van der Waals surface area contributed by atoms with Gasteiger partial charge in [-0.2, -0.15) is 8.78 Å². The summed E-state index contributed by atoms with van der Waals surface area (Å²) in [6, 6.07) is 9.85. The van der Waals surface area contributed by atoms with Crippen molar-refractivity contribution in [3.63, 3.8) is 0 Å². The molecule has 30 heavy (non-hydrogen) atoms. The number of fused-ring (bicyclic) bond motifs is 1. The first kappa shape index (κ1) is 21.7. The van der Waals surface area contributed by atoms with Crippen molar-refractivity contribution in [1.29, 1.82) is 0 Å². The predicted molar refractivity (Wildman–Crippen MR) is 108 cm³/mol. The molecule has 0 aliphatic carbocycles. The second kappa shape index (κ2) is 8.38. The number of hydrogen-bond acceptors (Lipinski definition) is 5. The maximum atomic E-state index is 13.0. The third-order valence-corrected chi connectivity index (χ3v) is 5.00. The Morgan fingerprint density at radius 3 is 2.43 bits per heavy atom. The summed E-state index contributed by atoms with van der Waals surface area (Å²) in [5, 5.41) is 9.70. The van der Waals surface area contributed by atoms with E-state index in [0.717, 1.165) is 5.56 Å². The molecule has 1 heterocycles. The largest absolute Gasteiger partial charge is 0.497 e. The molecule has 0 bridgehead atoms.